The first-order chi connectivity index (χ1) is 10.9. The molecule has 2 aromatic carbocycles. The lowest BCUT2D eigenvalue weighted by atomic mass is 9.94. The summed E-state index contributed by atoms with van der Waals surface area (Å²) < 4.78 is 5.92. The molecule has 1 radical (unpaired) electrons. The highest BCUT2D eigenvalue weighted by Gasteiger charge is 2.24. The number of rotatable bonds is 4. The molecule has 0 aliphatic rings. The average molecular weight is 323 g/mol. The van der Waals surface area contributed by atoms with Crippen LogP contribution in [0.3, 0.4) is 0 Å². The highest BCUT2D eigenvalue weighted by atomic mass is 28.3. The molecule has 3 heteroatoms. The molecular weight excluding hydrogens is 300 g/mol. The fourth-order valence-electron chi connectivity index (χ4n) is 2.35. The molecule has 0 saturated carbocycles. The van der Waals surface area contributed by atoms with Gasteiger partial charge in [-0.2, -0.15) is 0 Å². The minimum Gasteiger partial charge on any atom is -0.505 e. The van der Waals surface area contributed by atoms with E-state index in [9.17, 15) is 4.79 Å². The van der Waals surface area contributed by atoms with Crippen molar-refractivity contribution in [1.29, 1.82) is 0 Å². The molecule has 0 amide bonds. The maximum absolute atomic E-state index is 12.5. The molecule has 0 fully saturated rings. The van der Waals surface area contributed by atoms with Gasteiger partial charge in [-0.05, 0) is 22.7 Å². The van der Waals surface area contributed by atoms with Crippen molar-refractivity contribution >= 4 is 25.4 Å². The van der Waals surface area contributed by atoms with E-state index >= 15 is 0 Å². The minimum absolute atomic E-state index is 0.0461. The third kappa shape index (κ3) is 5.22. The van der Waals surface area contributed by atoms with Crippen molar-refractivity contribution in [2.75, 3.05) is 0 Å². The van der Waals surface area contributed by atoms with Gasteiger partial charge in [-0.15, -0.1) is 0 Å². The molecule has 119 valence electrons. The summed E-state index contributed by atoms with van der Waals surface area (Å²) in [6.07, 6.45) is 1.96. The zero-order valence-electron chi connectivity index (χ0n) is 14.2. The molecule has 0 aromatic heterocycles. The van der Waals surface area contributed by atoms with Gasteiger partial charge in [0.1, 0.15) is 0 Å². The van der Waals surface area contributed by atoms with Crippen LogP contribution >= 0.6 is 0 Å². The van der Waals surface area contributed by atoms with Crippen molar-refractivity contribution in [3.05, 3.63) is 72.3 Å². The zero-order valence-corrected chi connectivity index (χ0v) is 15.2. The van der Waals surface area contributed by atoms with Gasteiger partial charge in [0.25, 0.3) is 0 Å². The monoisotopic (exact) mass is 323 g/mol. The van der Waals surface area contributed by atoms with Crippen molar-refractivity contribution < 1.29 is 9.22 Å². The summed E-state index contributed by atoms with van der Waals surface area (Å²) >= 11 is 0. The molecule has 0 aliphatic carbocycles. The van der Waals surface area contributed by atoms with Gasteiger partial charge in [0.05, 0.1) is 0 Å². The second-order valence-corrected chi connectivity index (χ2v) is 8.66. The first kappa shape index (κ1) is 17.2. The van der Waals surface area contributed by atoms with Gasteiger partial charge in [0.2, 0.25) is 0 Å². The molecule has 0 atom stereocenters. The average Bonchev–Trinajstić information content (AvgIpc) is 2.52. The molecule has 0 saturated heterocycles. The van der Waals surface area contributed by atoms with E-state index in [1.165, 1.54) is 0 Å². The number of benzene rings is 2. The fourth-order valence-corrected chi connectivity index (χ4v) is 4.25. The van der Waals surface area contributed by atoms with E-state index in [-0.39, 0.29) is 11.4 Å². The Morgan fingerprint density at radius 2 is 1.35 bits per heavy atom. The SMILES string of the molecule is C/C(=C\C(C)(C)C)C(=O)O[Si](c1ccccc1)c1ccccc1. The Bertz CT molecular complexity index is 630. The summed E-state index contributed by atoms with van der Waals surface area (Å²) in [4.78, 5) is 12.5. The summed E-state index contributed by atoms with van der Waals surface area (Å²) in [5.74, 6) is -0.235. The molecule has 2 nitrogen and oxygen atoms in total. The molecule has 0 bridgehead atoms. The first-order valence-corrected chi connectivity index (χ1v) is 9.17. The van der Waals surface area contributed by atoms with Crippen LogP contribution in [0.5, 0.6) is 0 Å². The third-order valence-electron chi connectivity index (χ3n) is 3.24. The van der Waals surface area contributed by atoms with Crippen LogP contribution in [-0.2, 0) is 9.22 Å². The normalized spacial score (nSPS) is 12.3. The summed E-state index contributed by atoms with van der Waals surface area (Å²) in [7, 11) is -1.59. The summed E-state index contributed by atoms with van der Waals surface area (Å²) in [5.41, 5.74) is 0.613. The van der Waals surface area contributed by atoms with Gasteiger partial charge in [0.15, 0.2) is 0 Å². The van der Waals surface area contributed by atoms with Crippen LogP contribution in [0.4, 0.5) is 0 Å². The van der Waals surface area contributed by atoms with Crippen molar-refractivity contribution in [1.82, 2.24) is 0 Å². The minimum atomic E-state index is -1.59. The highest BCUT2D eigenvalue weighted by Crippen LogP contribution is 2.18. The number of hydrogen-bond donors (Lipinski definition) is 0. The van der Waals surface area contributed by atoms with Crippen molar-refractivity contribution in [3.63, 3.8) is 0 Å². The molecule has 0 heterocycles. The van der Waals surface area contributed by atoms with Gasteiger partial charge in [0, 0.05) is 5.57 Å². The predicted molar refractivity (Wildman–Crippen MR) is 97.2 cm³/mol. The van der Waals surface area contributed by atoms with Crippen LogP contribution < -0.4 is 10.4 Å². The lowest BCUT2D eigenvalue weighted by Crippen LogP contribution is -2.46. The van der Waals surface area contributed by atoms with Crippen LogP contribution in [-0.4, -0.2) is 15.0 Å². The Morgan fingerprint density at radius 1 is 0.913 bits per heavy atom. The van der Waals surface area contributed by atoms with Crippen molar-refractivity contribution in [2.24, 2.45) is 5.41 Å². The van der Waals surface area contributed by atoms with Gasteiger partial charge in [-0.1, -0.05) is 87.5 Å². The summed E-state index contributed by atoms with van der Waals surface area (Å²) in [6.45, 7) is 8.04. The van der Waals surface area contributed by atoms with E-state index in [1.807, 2.05) is 73.7 Å². The highest BCUT2D eigenvalue weighted by molar-refractivity contribution is 6.81. The van der Waals surface area contributed by atoms with Crippen LogP contribution in [0.1, 0.15) is 27.7 Å². The molecule has 0 N–H and O–H groups in total. The Balaban J connectivity index is 2.30. The number of allylic oxidation sites excluding steroid dienone is 1. The standard InChI is InChI=1S/C20H23O2Si/c1-16(15-20(2,3)4)19(21)22-23(17-11-7-5-8-12-17)18-13-9-6-10-14-18/h5-15H,1-4H3/b16-15+. The Morgan fingerprint density at radius 3 is 1.74 bits per heavy atom. The Kier molecular flexibility index (Phi) is 5.56. The van der Waals surface area contributed by atoms with Gasteiger partial charge in [-0.25, -0.2) is 4.79 Å². The van der Waals surface area contributed by atoms with E-state index in [4.69, 9.17) is 4.43 Å². The Hall–Kier alpha value is -2.13. The molecular formula is C20H23O2Si. The summed E-state index contributed by atoms with van der Waals surface area (Å²) in [5, 5.41) is 2.14. The Labute approximate surface area is 140 Å². The molecule has 0 spiro atoms. The second kappa shape index (κ2) is 7.42. The molecule has 23 heavy (non-hydrogen) atoms. The van der Waals surface area contributed by atoms with Crippen molar-refractivity contribution in [2.45, 2.75) is 27.7 Å². The summed E-state index contributed by atoms with van der Waals surface area (Å²) in [6, 6.07) is 20.0. The maximum Gasteiger partial charge on any atom is 0.356 e. The van der Waals surface area contributed by atoms with Crippen LogP contribution in [0.2, 0.25) is 0 Å². The molecule has 2 rings (SSSR count). The maximum atomic E-state index is 12.5. The molecule has 0 aliphatic heterocycles. The molecule has 0 unspecified atom stereocenters. The van der Waals surface area contributed by atoms with Crippen LogP contribution in [0, 0.1) is 5.41 Å². The largest absolute Gasteiger partial charge is 0.505 e. The van der Waals surface area contributed by atoms with E-state index in [0.29, 0.717) is 5.57 Å². The van der Waals surface area contributed by atoms with E-state index in [1.54, 1.807) is 0 Å². The van der Waals surface area contributed by atoms with Crippen molar-refractivity contribution in [3.8, 4) is 0 Å². The number of carbonyl (C=O) groups is 1. The van der Waals surface area contributed by atoms with Crippen LogP contribution in [0.15, 0.2) is 72.3 Å². The lowest BCUT2D eigenvalue weighted by molar-refractivity contribution is -0.130. The predicted octanol–water partition coefficient (Wildman–Crippen LogP) is 3.33. The second-order valence-electron chi connectivity index (χ2n) is 6.64. The third-order valence-corrected chi connectivity index (χ3v) is 5.34. The lowest BCUT2D eigenvalue weighted by Gasteiger charge is -2.18. The van der Waals surface area contributed by atoms with E-state index in [2.05, 4.69) is 20.8 Å². The first-order valence-electron chi connectivity index (χ1n) is 7.76. The van der Waals surface area contributed by atoms with Gasteiger partial charge in [-0.3, -0.25) is 0 Å². The molecule has 2 aromatic rings. The van der Waals surface area contributed by atoms with E-state index < -0.39 is 9.04 Å². The zero-order chi connectivity index (χ0) is 16.9. The number of carbonyl (C=O) groups excluding carboxylic acids is 1. The van der Waals surface area contributed by atoms with Crippen LogP contribution in [0.25, 0.3) is 0 Å². The smallest absolute Gasteiger partial charge is 0.356 e. The van der Waals surface area contributed by atoms with Gasteiger partial charge >= 0.3 is 15.0 Å². The number of hydrogen-bond acceptors (Lipinski definition) is 2. The fraction of sp³-hybridized carbons (Fsp3) is 0.250. The van der Waals surface area contributed by atoms with E-state index in [0.717, 1.165) is 10.4 Å². The quantitative estimate of drug-likeness (QED) is 0.637. The van der Waals surface area contributed by atoms with Gasteiger partial charge < -0.3 is 4.43 Å². The topological polar surface area (TPSA) is 26.3 Å².